The van der Waals surface area contributed by atoms with Crippen molar-refractivity contribution in [2.45, 2.75) is 13.0 Å². The molecule has 7 nitrogen and oxygen atoms in total. The van der Waals surface area contributed by atoms with Gasteiger partial charge in [0.2, 0.25) is 0 Å². The number of aliphatic hydroxyl groups excluding tert-OH is 1. The fraction of sp³-hybridized carbons (Fsp3) is 0.300. The molecule has 1 unspecified atom stereocenters. The predicted molar refractivity (Wildman–Crippen MR) is 60.8 cm³/mol. The molecule has 1 aromatic carbocycles. The molecule has 0 aliphatic rings. The molecule has 1 heterocycles. The summed E-state index contributed by atoms with van der Waals surface area (Å²) in [6.07, 6.45) is -0.556. The molecule has 0 aliphatic heterocycles. The number of anilines is 1. The number of oxazole rings is 1. The number of para-hydroxylation sites is 1. The highest BCUT2D eigenvalue weighted by Gasteiger charge is 2.17. The van der Waals surface area contributed by atoms with Crippen LogP contribution in [0.1, 0.15) is 6.92 Å². The van der Waals surface area contributed by atoms with Crippen LogP contribution in [0.15, 0.2) is 22.6 Å². The third-order valence-corrected chi connectivity index (χ3v) is 2.14. The van der Waals surface area contributed by atoms with Gasteiger partial charge in [0.25, 0.3) is 11.7 Å². The van der Waals surface area contributed by atoms with E-state index in [1.807, 2.05) is 0 Å². The number of aliphatic hydroxyl groups is 1. The van der Waals surface area contributed by atoms with E-state index in [0.29, 0.717) is 5.58 Å². The van der Waals surface area contributed by atoms with Gasteiger partial charge in [-0.15, -0.1) is 0 Å². The highest BCUT2D eigenvalue weighted by atomic mass is 16.6. The second-order valence-electron chi connectivity index (χ2n) is 3.63. The van der Waals surface area contributed by atoms with Crippen molar-refractivity contribution in [2.75, 3.05) is 11.9 Å². The van der Waals surface area contributed by atoms with Gasteiger partial charge in [-0.25, -0.2) is 0 Å². The SMILES string of the molecule is CC(O)CNc1nc2c([N+](=O)[O-])cccc2o1. The largest absolute Gasteiger partial charge is 0.423 e. The Bertz CT molecular complexity index is 549. The molecule has 17 heavy (non-hydrogen) atoms. The van der Waals surface area contributed by atoms with Gasteiger partial charge in [-0.2, -0.15) is 4.98 Å². The van der Waals surface area contributed by atoms with Crippen molar-refractivity contribution >= 4 is 22.8 Å². The van der Waals surface area contributed by atoms with Crippen molar-refractivity contribution in [3.8, 4) is 0 Å². The van der Waals surface area contributed by atoms with E-state index < -0.39 is 11.0 Å². The van der Waals surface area contributed by atoms with Gasteiger partial charge in [0, 0.05) is 12.6 Å². The van der Waals surface area contributed by atoms with Crippen molar-refractivity contribution in [3.63, 3.8) is 0 Å². The highest BCUT2D eigenvalue weighted by Crippen LogP contribution is 2.27. The Morgan fingerprint density at radius 2 is 2.41 bits per heavy atom. The molecule has 0 spiro atoms. The zero-order valence-corrected chi connectivity index (χ0v) is 9.08. The van der Waals surface area contributed by atoms with Gasteiger partial charge >= 0.3 is 0 Å². The molecule has 2 aromatic rings. The van der Waals surface area contributed by atoms with E-state index in [4.69, 9.17) is 9.52 Å². The van der Waals surface area contributed by atoms with Crippen LogP contribution >= 0.6 is 0 Å². The predicted octanol–water partition coefficient (Wildman–Crippen LogP) is 1.53. The van der Waals surface area contributed by atoms with E-state index in [0.717, 1.165) is 0 Å². The molecule has 90 valence electrons. The second kappa shape index (κ2) is 4.38. The van der Waals surface area contributed by atoms with E-state index >= 15 is 0 Å². The summed E-state index contributed by atoms with van der Waals surface area (Å²) in [6, 6.07) is 4.66. The number of non-ortho nitro benzene ring substituents is 1. The molecule has 0 saturated heterocycles. The molecule has 2 N–H and O–H groups in total. The van der Waals surface area contributed by atoms with E-state index in [1.165, 1.54) is 12.1 Å². The topological polar surface area (TPSA) is 101 Å². The van der Waals surface area contributed by atoms with E-state index in [2.05, 4.69) is 10.3 Å². The zero-order valence-electron chi connectivity index (χ0n) is 9.08. The average Bonchev–Trinajstić information content (AvgIpc) is 2.68. The second-order valence-corrected chi connectivity index (χ2v) is 3.63. The number of nitro groups is 1. The van der Waals surface area contributed by atoms with Gasteiger partial charge in [-0.1, -0.05) is 6.07 Å². The number of fused-ring (bicyclic) bond motifs is 1. The van der Waals surface area contributed by atoms with Crippen LogP contribution in [0.4, 0.5) is 11.7 Å². The number of nitro benzene ring substituents is 1. The van der Waals surface area contributed by atoms with E-state index in [9.17, 15) is 10.1 Å². The quantitative estimate of drug-likeness (QED) is 0.617. The van der Waals surface area contributed by atoms with E-state index in [1.54, 1.807) is 13.0 Å². The van der Waals surface area contributed by atoms with Crippen LogP contribution in [0.25, 0.3) is 11.1 Å². The van der Waals surface area contributed by atoms with Crippen LogP contribution in [0.2, 0.25) is 0 Å². The summed E-state index contributed by atoms with van der Waals surface area (Å²) in [4.78, 5) is 14.2. The number of aromatic nitrogens is 1. The Balaban J connectivity index is 2.36. The van der Waals surface area contributed by atoms with Crippen molar-refractivity contribution in [2.24, 2.45) is 0 Å². The van der Waals surface area contributed by atoms with Crippen LogP contribution in [-0.4, -0.2) is 27.7 Å². The van der Waals surface area contributed by atoms with Gasteiger partial charge in [-0.05, 0) is 13.0 Å². The molecule has 0 bridgehead atoms. The van der Waals surface area contributed by atoms with Gasteiger partial charge in [0.05, 0.1) is 11.0 Å². The third kappa shape index (κ3) is 2.34. The molecule has 7 heteroatoms. The Hall–Kier alpha value is -2.15. The maximum Gasteiger partial charge on any atom is 0.298 e. The Morgan fingerprint density at radius 3 is 3.06 bits per heavy atom. The van der Waals surface area contributed by atoms with Crippen LogP contribution in [-0.2, 0) is 0 Å². The molecule has 0 fully saturated rings. The summed E-state index contributed by atoms with van der Waals surface area (Å²) in [7, 11) is 0. The Kier molecular flexibility index (Phi) is 2.92. The summed E-state index contributed by atoms with van der Waals surface area (Å²) < 4.78 is 5.27. The standard InChI is InChI=1S/C10H11N3O4/c1-6(14)5-11-10-12-9-7(13(15)16)3-2-4-8(9)17-10/h2-4,6,14H,5H2,1H3,(H,11,12). The minimum Gasteiger partial charge on any atom is -0.423 e. The number of hydrogen-bond donors (Lipinski definition) is 2. The fourth-order valence-corrected chi connectivity index (χ4v) is 1.39. The first-order valence-corrected chi connectivity index (χ1v) is 5.04. The highest BCUT2D eigenvalue weighted by molar-refractivity contribution is 5.83. The van der Waals surface area contributed by atoms with E-state index in [-0.39, 0.29) is 23.8 Å². The van der Waals surface area contributed by atoms with Gasteiger partial charge in [0.1, 0.15) is 0 Å². The number of rotatable bonds is 4. The lowest BCUT2D eigenvalue weighted by Gasteiger charge is -2.02. The molecule has 1 aromatic heterocycles. The first kappa shape index (κ1) is 11.3. The normalized spacial score (nSPS) is 12.6. The summed E-state index contributed by atoms with van der Waals surface area (Å²) in [5, 5.41) is 22.6. The minimum atomic E-state index is -0.556. The van der Waals surface area contributed by atoms with Gasteiger partial charge in [0.15, 0.2) is 11.1 Å². The molecule has 0 aliphatic carbocycles. The van der Waals surface area contributed by atoms with Gasteiger partial charge < -0.3 is 14.8 Å². The molecule has 1 atom stereocenters. The molecule has 0 amide bonds. The molecule has 2 rings (SSSR count). The molecular formula is C10H11N3O4. The first-order valence-electron chi connectivity index (χ1n) is 5.04. The summed E-state index contributed by atoms with van der Waals surface area (Å²) in [6.45, 7) is 1.87. The molecule has 0 radical (unpaired) electrons. The van der Waals surface area contributed by atoms with Crippen molar-refractivity contribution in [1.82, 2.24) is 4.98 Å². The molecule has 0 saturated carbocycles. The summed E-state index contributed by atoms with van der Waals surface area (Å²) >= 11 is 0. The third-order valence-electron chi connectivity index (χ3n) is 2.14. The van der Waals surface area contributed by atoms with Crippen LogP contribution in [0.3, 0.4) is 0 Å². The number of nitrogens with zero attached hydrogens (tertiary/aromatic N) is 2. The first-order chi connectivity index (χ1) is 8.08. The lowest BCUT2D eigenvalue weighted by molar-refractivity contribution is -0.383. The summed E-state index contributed by atoms with van der Waals surface area (Å²) in [5.74, 6) is 0. The van der Waals surface area contributed by atoms with Crippen molar-refractivity contribution in [1.29, 1.82) is 0 Å². The van der Waals surface area contributed by atoms with Crippen LogP contribution in [0.5, 0.6) is 0 Å². The number of hydrogen-bond acceptors (Lipinski definition) is 6. The Morgan fingerprint density at radius 1 is 1.65 bits per heavy atom. The smallest absolute Gasteiger partial charge is 0.298 e. The lowest BCUT2D eigenvalue weighted by Crippen LogP contribution is -2.15. The maximum atomic E-state index is 10.8. The van der Waals surface area contributed by atoms with Crippen molar-refractivity contribution in [3.05, 3.63) is 28.3 Å². The van der Waals surface area contributed by atoms with Crippen LogP contribution < -0.4 is 5.32 Å². The lowest BCUT2D eigenvalue weighted by atomic mass is 10.3. The average molecular weight is 237 g/mol. The number of nitrogens with one attached hydrogen (secondary N) is 1. The maximum absolute atomic E-state index is 10.8. The summed E-state index contributed by atoms with van der Waals surface area (Å²) in [5.41, 5.74) is 0.439. The van der Waals surface area contributed by atoms with Crippen molar-refractivity contribution < 1.29 is 14.4 Å². The molecular weight excluding hydrogens is 226 g/mol. The Labute approximate surface area is 96.2 Å². The fourth-order valence-electron chi connectivity index (χ4n) is 1.39. The minimum absolute atomic E-state index is 0.101. The number of benzene rings is 1. The monoisotopic (exact) mass is 237 g/mol. The van der Waals surface area contributed by atoms with Crippen LogP contribution in [0, 0.1) is 10.1 Å². The van der Waals surface area contributed by atoms with Gasteiger partial charge in [-0.3, -0.25) is 10.1 Å². The zero-order chi connectivity index (χ0) is 12.4.